The van der Waals surface area contributed by atoms with E-state index in [0.717, 1.165) is 34.2 Å². The van der Waals surface area contributed by atoms with E-state index in [0.29, 0.717) is 12.0 Å². The van der Waals surface area contributed by atoms with Crippen molar-refractivity contribution in [3.05, 3.63) is 53.7 Å². The van der Waals surface area contributed by atoms with Gasteiger partial charge in [-0.05, 0) is 47.4 Å². The summed E-state index contributed by atoms with van der Waals surface area (Å²) in [4.78, 5) is 11.2. The van der Waals surface area contributed by atoms with Crippen LogP contribution in [0, 0.1) is 5.92 Å². The van der Waals surface area contributed by atoms with E-state index in [1.165, 1.54) is 12.1 Å². The van der Waals surface area contributed by atoms with Crippen molar-refractivity contribution in [2.24, 2.45) is 5.92 Å². The summed E-state index contributed by atoms with van der Waals surface area (Å²) < 4.78 is 38.2. The lowest BCUT2D eigenvalue weighted by Crippen LogP contribution is -2.04. The largest absolute Gasteiger partial charge is 0.481 e. The zero-order valence-electron chi connectivity index (χ0n) is 12.8. The van der Waals surface area contributed by atoms with Gasteiger partial charge in [0.25, 0.3) is 0 Å². The minimum Gasteiger partial charge on any atom is -0.481 e. The standard InChI is InChI=1S/C18H13F3N2O2/c19-18(20,21)12-3-1-9(2-4-12)10-5-11-8-22-23-16(11)14(6-10)13-7-15(13)17(24)25/h1-6,8,13,15H,7H2,(H,22,23)(H,24,25)/t13?,15-/m1/s1. The van der Waals surface area contributed by atoms with Gasteiger partial charge in [0.1, 0.15) is 0 Å². The maximum absolute atomic E-state index is 12.7. The smallest absolute Gasteiger partial charge is 0.416 e. The molecule has 0 spiro atoms. The molecule has 1 aliphatic rings. The van der Waals surface area contributed by atoms with E-state index in [2.05, 4.69) is 10.2 Å². The fourth-order valence-electron chi connectivity index (χ4n) is 3.21. The van der Waals surface area contributed by atoms with Crippen LogP contribution in [0.5, 0.6) is 0 Å². The molecule has 1 aromatic heterocycles. The highest BCUT2D eigenvalue weighted by molar-refractivity contribution is 5.89. The average molecular weight is 346 g/mol. The van der Waals surface area contributed by atoms with Gasteiger partial charge >= 0.3 is 12.1 Å². The molecule has 2 atom stereocenters. The lowest BCUT2D eigenvalue weighted by atomic mass is 9.97. The fourth-order valence-corrected chi connectivity index (χ4v) is 3.21. The lowest BCUT2D eigenvalue weighted by molar-refractivity contribution is -0.139. The number of benzene rings is 2. The number of rotatable bonds is 3. The molecule has 2 aromatic carbocycles. The van der Waals surface area contributed by atoms with Crippen molar-refractivity contribution in [1.82, 2.24) is 10.2 Å². The Kier molecular flexibility index (Phi) is 3.35. The summed E-state index contributed by atoms with van der Waals surface area (Å²) in [5.74, 6) is -1.36. The molecule has 1 aliphatic carbocycles. The SMILES string of the molecule is O=C(O)[C@@H]1CC1c1cc(-c2ccc(C(F)(F)F)cc2)cc2cn[nH]c12. The van der Waals surface area contributed by atoms with Crippen LogP contribution in [-0.2, 0) is 11.0 Å². The number of hydrogen-bond acceptors (Lipinski definition) is 2. The Balaban J connectivity index is 1.77. The number of H-pyrrole nitrogens is 1. The molecule has 0 saturated heterocycles. The molecule has 0 aliphatic heterocycles. The van der Waals surface area contributed by atoms with Crippen molar-refractivity contribution < 1.29 is 23.1 Å². The number of aromatic amines is 1. The van der Waals surface area contributed by atoms with Gasteiger partial charge in [0.05, 0.1) is 23.2 Å². The number of nitrogens with one attached hydrogen (secondary N) is 1. The third kappa shape index (κ3) is 2.75. The molecule has 1 unspecified atom stereocenters. The van der Waals surface area contributed by atoms with E-state index in [9.17, 15) is 18.0 Å². The number of halogens is 3. The first-order chi connectivity index (χ1) is 11.8. The average Bonchev–Trinajstić information content (AvgIpc) is 3.23. The van der Waals surface area contributed by atoms with E-state index in [-0.39, 0.29) is 5.92 Å². The van der Waals surface area contributed by atoms with Crippen LogP contribution >= 0.6 is 0 Å². The molecule has 1 fully saturated rings. The van der Waals surface area contributed by atoms with Crippen LogP contribution < -0.4 is 0 Å². The maximum atomic E-state index is 12.7. The second kappa shape index (κ2) is 5.34. The number of carboxylic acids is 1. The maximum Gasteiger partial charge on any atom is 0.416 e. The minimum absolute atomic E-state index is 0.102. The highest BCUT2D eigenvalue weighted by atomic mass is 19.4. The first-order valence-corrected chi connectivity index (χ1v) is 7.72. The first kappa shape index (κ1) is 15.7. The number of hydrogen-bond donors (Lipinski definition) is 2. The van der Waals surface area contributed by atoms with Gasteiger partial charge in [-0.25, -0.2) is 0 Å². The molecule has 1 saturated carbocycles. The van der Waals surface area contributed by atoms with Crippen LogP contribution in [0.3, 0.4) is 0 Å². The van der Waals surface area contributed by atoms with Crippen LogP contribution in [0.1, 0.15) is 23.5 Å². The molecule has 4 nitrogen and oxygen atoms in total. The van der Waals surface area contributed by atoms with Gasteiger partial charge in [0, 0.05) is 11.3 Å². The summed E-state index contributed by atoms with van der Waals surface area (Å²) in [7, 11) is 0. The van der Waals surface area contributed by atoms with Crippen molar-refractivity contribution in [3.8, 4) is 11.1 Å². The molecule has 128 valence electrons. The van der Waals surface area contributed by atoms with Crippen molar-refractivity contribution >= 4 is 16.9 Å². The summed E-state index contributed by atoms with van der Waals surface area (Å²) in [6, 6.07) is 8.63. The Morgan fingerprint density at radius 1 is 1.16 bits per heavy atom. The molecule has 3 aromatic rings. The Morgan fingerprint density at radius 3 is 2.48 bits per heavy atom. The van der Waals surface area contributed by atoms with Gasteiger partial charge in [-0.1, -0.05) is 12.1 Å². The molecule has 2 N–H and O–H groups in total. The fraction of sp³-hybridized carbons (Fsp3) is 0.222. The van der Waals surface area contributed by atoms with Crippen LogP contribution in [0.4, 0.5) is 13.2 Å². The molecule has 1 heterocycles. The number of aromatic nitrogens is 2. The Bertz CT molecular complexity index is 961. The number of aliphatic carboxylic acids is 1. The van der Waals surface area contributed by atoms with Crippen molar-refractivity contribution in [2.75, 3.05) is 0 Å². The first-order valence-electron chi connectivity index (χ1n) is 7.72. The molecular formula is C18H13F3N2O2. The number of carbonyl (C=O) groups is 1. The van der Waals surface area contributed by atoms with Crippen LogP contribution in [0.15, 0.2) is 42.6 Å². The van der Waals surface area contributed by atoms with Gasteiger partial charge in [-0.3, -0.25) is 9.89 Å². The minimum atomic E-state index is -4.37. The Hall–Kier alpha value is -2.83. The summed E-state index contributed by atoms with van der Waals surface area (Å²) in [6.07, 6.45) is -2.19. The third-order valence-electron chi connectivity index (χ3n) is 4.63. The zero-order valence-corrected chi connectivity index (χ0v) is 12.8. The molecule has 7 heteroatoms. The van der Waals surface area contributed by atoms with Crippen LogP contribution in [0.25, 0.3) is 22.0 Å². The van der Waals surface area contributed by atoms with Gasteiger partial charge in [-0.2, -0.15) is 18.3 Å². The van der Waals surface area contributed by atoms with E-state index in [4.69, 9.17) is 5.11 Å². The molecule has 4 rings (SSSR count). The summed E-state index contributed by atoms with van der Waals surface area (Å²) >= 11 is 0. The number of alkyl halides is 3. The second-order valence-electron chi connectivity index (χ2n) is 6.26. The molecule has 0 bridgehead atoms. The predicted octanol–water partition coefficient (Wildman–Crippen LogP) is 4.44. The van der Waals surface area contributed by atoms with Crippen molar-refractivity contribution in [3.63, 3.8) is 0 Å². The topological polar surface area (TPSA) is 66.0 Å². The van der Waals surface area contributed by atoms with Crippen LogP contribution in [0.2, 0.25) is 0 Å². The number of nitrogens with zero attached hydrogens (tertiary/aromatic N) is 1. The van der Waals surface area contributed by atoms with Crippen molar-refractivity contribution in [2.45, 2.75) is 18.5 Å². The van der Waals surface area contributed by atoms with Gasteiger partial charge < -0.3 is 5.11 Å². The quantitative estimate of drug-likeness (QED) is 0.737. The zero-order chi connectivity index (χ0) is 17.8. The van der Waals surface area contributed by atoms with E-state index in [1.54, 1.807) is 6.20 Å². The predicted molar refractivity (Wildman–Crippen MR) is 85.0 cm³/mol. The second-order valence-corrected chi connectivity index (χ2v) is 6.26. The lowest BCUT2D eigenvalue weighted by Gasteiger charge is -2.10. The molecule has 25 heavy (non-hydrogen) atoms. The normalized spacial score (nSPS) is 20.0. The molecule has 0 amide bonds. The highest BCUT2D eigenvalue weighted by Gasteiger charge is 2.45. The van der Waals surface area contributed by atoms with Crippen LogP contribution in [-0.4, -0.2) is 21.3 Å². The summed E-state index contributed by atoms with van der Waals surface area (Å²) in [6.45, 7) is 0. The Labute approximate surface area is 140 Å². The van der Waals surface area contributed by atoms with E-state index >= 15 is 0 Å². The van der Waals surface area contributed by atoms with Crippen molar-refractivity contribution in [1.29, 1.82) is 0 Å². The summed E-state index contributed by atoms with van der Waals surface area (Å²) in [5.41, 5.74) is 2.31. The number of fused-ring (bicyclic) bond motifs is 1. The van der Waals surface area contributed by atoms with Gasteiger partial charge in [0.2, 0.25) is 0 Å². The highest BCUT2D eigenvalue weighted by Crippen LogP contribution is 2.50. The monoisotopic (exact) mass is 346 g/mol. The third-order valence-corrected chi connectivity index (χ3v) is 4.63. The summed E-state index contributed by atoms with van der Waals surface area (Å²) in [5, 5.41) is 16.9. The van der Waals surface area contributed by atoms with Gasteiger partial charge in [0.15, 0.2) is 0 Å². The molecule has 0 radical (unpaired) electrons. The van der Waals surface area contributed by atoms with E-state index in [1.807, 2.05) is 12.1 Å². The van der Waals surface area contributed by atoms with E-state index < -0.39 is 23.6 Å². The molecular weight excluding hydrogens is 333 g/mol. The van der Waals surface area contributed by atoms with Gasteiger partial charge in [-0.15, -0.1) is 0 Å². The number of carboxylic acid groups (broad SMARTS) is 1. The Morgan fingerprint density at radius 2 is 1.88 bits per heavy atom.